The molecule has 0 saturated heterocycles. The summed E-state index contributed by atoms with van der Waals surface area (Å²) >= 11 is 0. The Balaban J connectivity index is 0.00000225. The average Bonchev–Trinajstić information content (AvgIpc) is 2.64. The van der Waals surface area contributed by atoms with Crippen LogP contribution >= 0.6 is 24.0 Å². The molecule has 0 bridgehead atoms. The third-order valence-electron chi connectivity index (χ3n) is 3.72. The van der Waals surface area contributed by atoms with Crippen LogP contribution in [0.2, 0.25) is 0 Å². The number of benzene rings is 2. The minimum Gasteiger partial charge on any atom is -0.497 e. The van der Waals surface area contributed by atoms with Gasteiger partial charge in [-0.05, 0) is 48.0 Å². The van der Waals surface area contributed by atoms with Gasteiger partial charge in [0.15, 0.2) is 0 Å². The molecule has 1 aromatic heterocycles. The predicted molar refractivity (Wildman–Crippen MR) is 110 cm³/mol. The first-order chi connectivity index (χ1) is 11.8. The van der Waals surface area contributed by atoms with Crippen molar-refractivity contribution in [3.05, 3.63) is 89.7 Å². The number of pyridine rings is 1. The van der Waals surface area contributed by atoms with Gasteiger partial charge in [-0.2, -0.15) is 0 Å². The Kier molecular flexibility index (Phi) is 6.94. The largest absolute Gasteiger partial charge is 0.497 e. The molecule has 5 heteroatoms. The Bertz CT molecular complexity index is 821. The van der Waals surface area contributed by atoms with E-state index in [0.29, 0.717) is 12.0 Å². The van der Waals surface area contributed by atoms with E-state index in [9.17, 15) is 4.79 Å². The Morgan fingerprint density at radius 3 is 2.40 bits per heavy atom. The maximum absolute atomic E-state index is 12.5. The third-order valence-corrected chi connectivity index (χ3v) is 3.72. The Morgan fingerprint density at radius 2 is 1.72 bits per heavy atom. The zero-order valence-electron chi connectivity index (χ0n) is 13.8. The fraction of sp³-hybridized carbons (Fsp3) is 0.100. The summed E-state index contributed by atoms with van der Waals surface area (Å²) in [5.41, 5.74) is 3.37. The van der Waals surface area contributed by atoms with E-state index < -0.39 is 0 Å². The van der Waals surface area contributed by atoms with Gasteiger partial charge in [0.2, 0.25) is 0 Å². The average molecular weight is 446 g/mol. The van der Waals surface area contributed by atoms with Gasteiger partial charge in [-0.1, -0.05) is 24.3 Å². The van der Waals surface area contributed by atoms with E-state index in [2.05, 4.69) is 10.3 Å². The Hall–Kier alpha value is -2.41. The van der Waals surface area contributed by atoms with Gasteiger partial charge in [-0.3, -0.25) is 9.78 Å². The lowest BCUT2D eigenvalue weighted by molar-refractivity contribution is 0.102. The minimum atomic E-state index is -0.147. The van der Waals surface area contributed by atoms with Gasteiger partial charge in [0, 0.05) is 29.6 Å². The van der Waals surface area contributed by atoms with Crippen molar-refractivity contribution in [2.75, 3.05) is 12.4 Å². The van der Waals surface area contributed by atoms with Gasteiger partial charge in [0.05, 0.1) is 7.11 Å². The van der Waals surface area contributed by atoms with Crippen LogP contribution in [-0.4, -0.2) is 18.0 Å². The Labute approximate surface area is 164 Å². The van der Waals surface area contributed by atoms with E-state index in [4.69, 9.17) is 4.74 Å². The van der Waals surface area contributed by atoms with Crippen LogP contribution in [0.5, 0.6) is 5.75 Å². The van der Waals surface area contributed by atoms with Crippen LogP contribution in [0.1, 0.15) is 21.6 Å². The molecule has 2 aromatic carbocycles. The Morgan fingerprint density at radius 1 is 1.00 bits per heavy atom. The molecule has 3 aromatic rings. The van der Waals surface area contributed by atoms with Gasteiger partial charge >= 0.3 is 0 Å². The van der Waals surface area contributed by atoms with Crippen LogP contribution in [0.15, 0.2) is 72.9 Å². The number of hydrogen-bond donors (Lipinski definition) is 1. The zero-order valence-corrected chi connectivity index (χ0v) is 16.1. The smallest absolute Gasteiger partial charge is 0.255 e. The van der Waals surface area contributed by atoms with Gasteiger partial charge in [0.25, 0.3) is 5.91 Å². The monoisotopic (exact) mass is 446 g/mol. The molecule has 0 radical (unpaired) electrons. The quantitative estimate of drug-likeness (QED) is 0.586. The molecule has 3 rings (SSSR count). The van der Waals surface area contributed by atoms with Crippen LogP contribution < -0.4 is 10.1 Å². The standard InChI is InChI=1S/C20H18N2O2.HI/c1-24-18-11-9-15(10-12-18)20(23)22-19-8-3-2-6-16(19)14-17-7-4-5-13-21-17;/h2-13H,14H2,1H3,(H,22,23);1H. The topological polar surface area (TPSA) is 51.2 Å². The van der Waals surface area contributed by atoms with Crippen LogP contribution in [0.3, 0.4) is 0 Å². The van der Waals surface area contributed by atoms with Crippen molar-refractivity contribution in [3.8, 4) is 5.75 Å². The van der Waals surface area contributed by atoms with Crippen LogP contribution in [0.25, 0.3) is 0 Å². The minimum absolute atomic E-state index is 0. The number of hydrogen-bond acceptors (Lipinski definition) is 3. The van der Waals surface area contributed by atoms with E-state index in [0.717, 1.165) is 22.7 Å². The first-order valence-corrected chi connectivity index (χ1v) is 7.69. The summed E-state index contributed by atoms with van der Waals surface area (Å²) in [5, 5.41) is 2.98. The SMILES string of the molecule is COc1ccc(C(=O)Nc2ccccc2Cc2ccccn2)cc1.I. The summed E-state index contributed by atoms with van der Waals surface area (Å²) in [6, 6.07) is 20.6. The van der Waals surface area contributed by atoms with Crippen LogP contribution in [0.4, 0.5) is 5.69 Å². The number of methoxy groups -OCH3 is 1. The van der Waals surface area contributed by atoms with Crippen LogP contribution in [-0.2, 0) is 6.42 Å². The molecule has 0 aliphatic carbocycles. The number of rotatable bonds is 5. The highest BCUT2D eigenvalue weighted by molar-refractivity contribution is 14.0. The van der Waals surface area contributed by atoms with Crippen molar-refractivity contribution in [1.29, 1.82) is 0 Å². The van der Waals surface area contributed by atoms with Gasteiger partial charge in [-0.15, -0.1) is 24.0 Å². The number of carbonyl (C=O) groups excluding carboxylic acids is 1. The number of carbonyl (C=O) groups is 1. The number of nitrogens with one attached hydrogen (secondary N) is 1. The summed E-state index contributed by atoms with van der Waals surface area (Å²) in [5.74, 6) is 0.577. The molecule has 0 unspecified atom stereocenters. The molecule has 0 aliphatic heterocycles. The molecule has 0 atom stereocenters. The lowest BCUT2D eigenvalue weighted by Crippen LogP contribution is -2.13. The molecular weight excluding hydrogens is 427 g/mol. The van der Waals surface area contributed by atoms with Crippen LogP contribution in [0, 0.1) is 0 Å². The zero-order chi connectivity index (χ0) is 16.8. The van der Waals surface area contributed by atoms with Gasteiger partial charge in [0.1, 0.15) is 5.75 Å². The molecule has 128 valence electrons. The second-order valence-corrected chi connectivity index (χ2v) is 5.34. The second kappa shape index (κ2) is 9.17. The second-order valence-electron chi connectivity index (χ2n) is 5.34. The fourth-order valence-electron chi connectivity index (χ4n) is 2.43. The van der Waals surface area contributed by atoms with E-state index in [1.165, 1.54) is 0 Å². The molecule has 0 saturated carbocycles. The summed E-state index contributed by atoms with van der Waals surface area (Å²) < 4.78 is 5.11. The number of halogens is 1. The van der Waals surface area contributed by atoms with Crippen molar-refractivity contribution in [3.63, 3.8) is 0 Å². The molecule has 0 fully saturated rings. The van der Waals surface area contributed by atoms with Crippen molar-refractivity contribution in [1.82, 2.24) is 4.98 Å². The molecule has 1 amide bonds. The number of para-hydroxylation sites is 1. The maximum atomic E-state index is 12.5. The predicted octanol–water partition coefficient (Wildman–Crippen LogP) is 4.55. The van der Waals surface area contributed by atoms with Crippen molar-refractivity contribution >= 4 is 35.6 Å². The summed E-state index contributed by atoms with van der Waals surface area (Å²) in [6.45, 7) is 0. The first-order valence-electron chi connectivity index (χ1n) is 7.69. The highest BCUT2D eigenvalue weighted by Gasteiger charge is 2.10. The molecule has 4 nitrogen and oxygen atoms in total. The van der Waals surface area contributed by atoms with Gasteiger partial charge < -0.3 is 10.1 Å². The summed E-state index contributed by atoms with van der Waals surface area (Å²) in [4.78, 5) is 16.8. The number of nitrogens with zero attached hydrogens (tertiary/aromatic N) is 1. The number of ether oxygens (including phenoxy) is 1. The van der Waals surface area contributed by atoms with E-state index >= 15 is 0 Å². The number of anilines is 1. The van der Waals surface area contributed by atoms with Crippen molar-refractivity contribution < 1.29 is 9.53 Å². The van der Waals surface area contributed by atoms with E-state index in [1.54, 1.807) is 37.6 Å². The van der Waals surface area contributed by atoms with E-state index in [1.807, 2.05) is 42.5 Å². The van der Waals surface area contributed by atoms with Gasteiger partial charge in [-0.25, -0.2) is 0 Å². The fourth-order valence-corrected chi connectivity index (χ4v) is 2.43. The molecule has 0 aliphatic rings. The molecule has 0 spiro atoms. The summed E-state index contributed by atoms with van der Waals surface area (Å²) in [7, 11) is 1.60. The molecular formula is C20H19IN2O2. The number of amides is 1. The summed E-state index contributed by atoms with van der Waals surface area (Å²) in [6.07, 6.45) is 2.44. The van der Waals surface area contributed by atoms with E-state index in [-0.39, 0.29) is 29.9 Å². The molecule has 25 heavy (non-hydrogen) atoms. The molecule has 1 N–H and O–H groups in total. The highest BCUT2D eigenvalue weighted by atomic mass is 127. The molecule has 1 heterocycles. The van der Waals surface area contributed by atoms with Crippen molar-refractivity contribution in [2.24, 2.45) is 0 Å². The maximum Gasteiger partial charge on any atom is 0.255 e. The number of aromatic nitrogens is 1. The highest BCUT2D eigenvalue weighted by Crippen LogP contribution is 2.20. The van der Waals surface area contributed by atoms with Crippen molar-refractivity contribution in [2.45, 2.75) is 6.42 Å². The first kappa shape index (κ1) is 18.9. The normalized spacial score (nSPS) is 9.80. The lowest BCUT2D eigenvalue weighted by Gasteiger charge is -2.11. The lowest BCUT2D eigenvalue weighted by atomic mass is 10.1. The third kappa shape index (κ3) is 5.03.